The smallest absolute Gasteiger partial charge is 0.251 e. The summed E-state index contributed by atoms with van der Waals surface area (Å²) in [6, 6.07) is 18.6. The number of amides is 1. The second-order valence-electron chi connectivity index (χ2n) is 8.86. The predicted molar refractivity (Wildman–Crippen MR) is 138 cm³/mol. The first-order valence-corrected chi connectivity index (χ1v) is 13.3. The molecule has 1 aliphatic rings. The Hall–Kier alpha value is -3.38. The molecule has 186 valence electrons. The fraction of sp³-hybridized carbons (Fsp3) is 0.259. The Bertz CT molecular complexity index is 1400. The Morgan fingerprint density at radius 2 is 1.72 bits per heavy atom. The normalized spacial score (nSPS) is 14.7. The Morgan fingerprint density at radius 1 is 1.03 bits per heavy atom. The van der Waals surface area contributed by atoms with Gasteiger partial charge in [-0.2, -0.15) is 9.57 Å². The van der Waals surface area contributed by atoms with Crippen molar-refractivity contribution in [1.82, 2.24) is 9.62 Å². The number of piperidine rings is 1. The van der Waals surface area contributed by atoms with Crippen LogP contribution in [0.3, 0.4) is 0 Å². The van der Waals surface area contributed by atoms with Gasteiger partial charge in [0.1, 0.15) is 16.4 Å². The number of benzene rings is 3. The van der Waals surface area contributed by atoms with Crippen LogP contribution in [0.4, 0.5) is 0 Å². The van der Waals surface area contributed by atoms with Crippen LogP contribution in [0, 0.1) is 25.2 Å². The van der Waals surface area contributed by atoms with Crippen LogP contribution in [0.2, 0.25) is 5.02 Å². The van der Waals surface area contributed by atoms with Crippen LogP contribution in [-0.2, 0) is 10.0 Å². The summed E-state index contributed by atoms with van der Waals surface area (Å²) in [5, 5.41) is 12.8. The van der Waals surface area contributed by atoms with Crippen LogP contribution in [0.25, 0.3) is 0 Å². The number of ether oxygens (including phenoxy) is 1. The highest BCUT2D eigenvalue weighted by molar-refractivity contribution is 7.89. The molecule has 1 saturated heterocycles. The third kappa shape index (κ3) is 5.88. The van der Waals surface area contributed by atoms with Gasteiger partial charge >= 0.3 is 0 Å². The third-order valence-corrected chi connectivity index (χ3v) is 8.18. The number of sulfonamides is 1. The van der Waals surface area contributed by atoms with E-state index in [4.69, 9.17) is 16.3 Å². The number of halogens is 1. The lowest BCUT2D eigenvalue weighted by Crippen LogP contribution is -2.46. The van der Waals surface area contributed by atoms with Crippen molar-refractivity contribution >= 4 is 27.5 Å². The van der Waals surface area contributed by atoms with E-state index >= 15 is 0 Å². The number of nitriles is 1. The molecule has 0 saturated carbocycles. The third-order valence-electron chi connectivity index (χ3n) is 6.04. The van der Waals surface area contributed by atoms with Gasteiger partial charge in [0.15, 0.2) is 0 Å². The van der Waals surface area contributed by atoms with Gasteiger partial charge < -0.3 is 10.1 Å². The van der Waals surface area contributed by atoms with E-state index in [0.29, 0.717) is 29.2 Å². The maximum atomic E-state index is 13.6. The van der Waals surface area contributed by atoms with Gasteiger partial charge in [-0.3, -0.25) is 4.79 Å². The highest BCUT2D eigenvalue weighted by Gasteiger charge is 2.32. The SMILES string of the molecule is Cc1ccc(C(=O)NC2CCN(S(=O)(=O)c3cc(C#N)ccc3Oc3cc(C)cc(Cl)c3)CC2)cc1. The van der Waals surface area contributed by atoms with Crippen molar-refractivity contribution in [2.75, 3.05) is 13.1 Å². The van der Waals surface area contributed by atoms with E-state index in [9.17, 15) is 18.5 Å². The van der Waals surface area contributed by atoms with Gasteiger partial charge in [-0.05, 0) is 80.8 Å². The fourth-order valence-electron chi connectivity index (χ4n) is 4.11. The number of nitrogens with zero attached hydrogens (tertiary/aromatic N) is 2. The van der Waals surface area contributed by atoms with E-state index in [1.165, 1.54) is 22.5 Å². The van der Waals surface area contributed by atoms with Crippen molar-refractivity contribution in [3.8, 4) is 17.6 Å². The quantitative estimate of drug-likeness (QED) is 0.478. The van der Waals surface area contributed by atoms with Crippen molar-refractivity contribution in [3.05, 3.63) is 87.9 Å². The molecule has 9 heteroatoms. The van der Waals surface area contributed by atoms with E-state index in [1.54, 1.807) is 30.3 Å². The topological polar surface area (TPSA) is 99.5 Å². The van der Waals surface area contributed by atoms with E-state index in [0.717, 1.165) is 11.1 Å². The highest BCUT2D eigenvalue weighted by Crippen LogP contribution is 2.34. The molecule has 0 unspecified atom stereocenters. The first kappa shape index (κ1) is 25.7. The van der Waals surface area contributed by atoms with Crippen molar-refractivity contribution in [2.45, 2.75) is 37.6 Å². The summed E-state index contributed by atoms with van der Waals surface area (Å²) in [4.78, 5) is 12.5. The molecule has 1 amide bonds. The predicted octanol–water partition coefficient (Wildman–Crippen LogP) is 5.20. The molecular weight excluding hydrogens is 498 g/mol. The van der Waals surface area contributed by atoms with E-state index in [1.807, 2.05) is 32.0 Å². The molecule has 1 fully saturated rings. The Morgan fingerprint density at radius 3 is 2.36 bits per heavy atom. The molecule has 7 nitrogen and oxygen atoms in total. The van der Waals surface area contributed by atoms with Gasteiger partial charge in [-0.15, -0.1) is 0 Å². The maximum Gasteiger partial charge on any atom is 0.251 e. The summed E-state index contributed by atoms with van der Waals surface area (Å²) in [6.07, 6.45) is 0.941. The Labute approximate surface area is 216 Å². The Balaban J connectivity index is 1.51. The number of hydrogen-bond acceptors (Lipinski definition) is 5. The molecule has 0 atom stereocenters. The monoisotopic (exact) mass is 523 g/mol. The summed E-state index contributed by atoms with van der Waals surface area (Å²) in [5.74, 6) is 0.342. The zero-order valence-corrected chi connectivity index (χ0v) is 21.6. The Kier molecular flexibility index (Phi) is 7.65. The molecule has 3 aromatic carbocycles. The van der Waals surface area contributed by atoms with Gasteiger partial charge in [-0.25, -0.2) is 8.42 Å². The van der Waals surface area contributed by atoms with Crippen LogP contribution in [0.5, 0.6) is 11.5 Å². The number of rotatable bonds is 6. The second kappa shape index (κ2) is 10.7. The van der Waals surface area contributed by atoms with E-state index in [-0.39, 0.29) is 41.2 Å². The lowest BCUT2D eigenvalue weighted by molar-refractivity contribution is 0.0924. The first-order chi connectivity index (χ1) is 17.2. The number of aryl methyl sites for hydroxylation is 2. The van der Waals surface area contributed by atoms with Gasteiger partial charge in [-0.1, -0.05) is 29.3 Å². The van der Waals surface area contributed by atoms with Crippen LogP contribution in [0.15, 0.2) is 65.6 Å². The molecule has 0 bridgehead atoms. The average Bonchev–Trinajstić information content (AvgIpc) is 2.84. The fourth-order valence-corrected chi connectivity index (χ4v) is 5.99. The summed E-state index contributed by atoms with van der Waals surface area (Å²) < 4.78 is 34.5. The minimum Gasteiger partial charge on any atom is -0.456 e. The largest absolute Gasteiger partial charge is 0.456 e. The number of carbonyl (C=O) groups is 1. The molecular formula is C27H26ClN3O4S. The zero-order valence-electron chi connectivity index (χ0n) is 20.0. The summed E-state index contributed by atoms with van der Waals surface area (Å²) >= 11 is 6.13. The molecule has 0 spiro atoms. The summed E-state index contributed by atoms with van der Waals surface area (Å²) in [6.45, 7) is 4.27. The van der Waals surface area contributed by atoms with Crippen LogP contribution in [-0.4, -0.2) is 37.8 Å². The van der Waals surface area contributed by atoms with Crippen LogP contribution < -0.4 is 10.1 Å². The minimum atomic E-state index is -3.96. The van der Waals surface area contributed by atoms with Crippen LogP contribution >= 0.6 is 11.6 Å². The van der Waals surface area contributed by atoms with E-state index in [2.05, 4.69) is 5.32 Å². The molecule has 0 radical (unpaired) electrons. The van der Waals surface area contributed by atoms with Crippen molar-refractivity contribution in [3.63, 3.8) is 0 Å². The van der Waals surface area contributed by atoms with Crippen LogP contribution in [0.1, 0.15) is 39.9 Å². The van der Waals surface area contributed by atoms with Gasteiger partial charge in [0, 0.05) is 29.7 Å². The molecule has 1 heterocycles. The number of hydrogen-bond donors (Lipinski definition) is 1. The average molecular weight is 524 g/mol. The van der Waals surface area contributed by atoms with Crippen molar-refractivity contribution in [1.29, 1.82) is 5.26 Å². The van der Waals surface area contributed by atoms with Crippen molar-refractivity contribution in [2.24, 2.45) is 0 Å². The lowest BCUT2D eigenvalue weighted by Gasteiger charge is -2.32. The van der Waals surface area contributed by atoms with Gasteiger partial charge in [0.25, 0.3) is 5.91 Å². The summed E-state index contributed by atoms with van der Waals surface area (Å²) in [7, 11) is -3.96. The van der Waals surface area contributed by atoms with Gasteiger partial charge in [0.05, 0.1) is 11.6 Å². The standard InChI is InChI=1S/C27H26ClN3O4S/c1-18-3-6-21(7-4-18)27(32)30-23-9-11-31(12-10-23)36(33,34)26-15-20(17-29)5-8-25(26)35-24-14-19(2)13-22(28)16-24/h3-8,13-16,23H,9-12H2,1-2H3,(H,30,32). The first-order valence-electron chi connectivity index (χ1n) is 11.5. The number of carbonyl (C=O) groups excluding carboxylic acids is 1. The molecule has 1 aliphatic heterocycles. The molecule has 4 rings (SSSR count). The minimum absolute atomic E-state index is 0.0821. The molecule has 0 aliphatic carbocycles. The zero-order chi connectivity index (χ0) is 25.9. The summed E-state index contributed by atoms with van der Waals surface area (Å²) in [5.41, 5.74) is 2.72. The molecule has 1 N–H and O–H groups in total. The lowest BCUT2D eigenvalue weighted by atomic mass is 10.1. The van der Waals surface area contributed by atoms with Gasteiger partial charge in [0.2, 0.25) is 10.0 Å². The van der Waals surface area contributed by atoms with E-state index < -0.39 is 10.0 Å². The number of nitrogens with one attached hydrogen (secondary N) is 1. The molecule has 3 aromatic rings. The molecule has 0 aromatic heterocycles. The highest BCUT2D eigenvalue weighted by atomic mass is 35.5. The molecule has 36 heavy (non-hydrogen) atoms. The second-order valence-corrected chi connectivity index (χ2v) is 11.2. The van der Waals surface area contributed by atoms with Crippen molar-refractivity contribution < 1.29 is 17.9 Å². The maximum absolute atomic E-state index is 13.6.